The van der Waals surface area contributed by atoms with E-state index in [2.05, 4.69) is 27.6 Å². The highest BCUT2D eigenvalue weighted by molar-refractivity contribution is 14.1. The van der Waals surface area contributed by atoms with Crippen molar-refractivity contribution in [3.8, 4) is 17.1 Å². The van der Waals surface area contributed by atoms with Crippen molar-refractivity contribution in [2.24, 2.45) is 0 Å². The molecule has 5 heteroatoms. The predicted molar refractivity (Wildman–Crippen MR) is 93.0 cm³/mol. The minimum Gasteiger partial charge on any atom is -0.497 e. The van der Waals surface area contributed by atoms with Crippen molar-refractivity contribution in [2.45, 2.75) is 31.6 Å². The van der Waals surface area contributed by atoms with Gasteiger partial charge < -0.3 is 4.74 Å². The van der Waals surface area contributed by atoms with Gasteiger partial charge in [0.2, 0.25) is 0 Å². The first-order chi connectivity index (χ1) is 10.2. The van der Waals surface area contributed by atoms with E-state index >= 15 is 0 Å². The van der Waals surface area contributed by atoms with E-state index in [1.54, 1.807) is 7.11 Å². The van der Waals surface area contributed by atoms with Crippen LogP contribution in [-0.2, 0) is 0 Å². The maximum absolute atomic E-state index is 6.33. The average Bonchev–Trinajstić information content (AvgIpc) is 3.04. The van der Waals surface area contributed by atoms with Gasteiger partial charge in [0, 0.05) is 11.5 Å². The SMILES string of the molecule is COc1cccc(-c2nc(Cl)c(I)c(C3CCCC3)n2)c1. The lowest BCUT2D eigenvalue weighted by Gasteiger charge is -2.13. The van der Waals surface area contributed by atoms with E-state index in [1.807, 2.05) is 24.3 Å². The van der Waals surface area contributed by atoms with Crippen molar-refractivity contribution < 1.29 is 4.74 Å². The highest BCUT2D eigenvalue weighted by Crippen LogP contribution is 2.37. The highest BCUT2D eigenvalue weighted by Gasteiger charge is 2.23. The Morgan fingerprint density at radius 3 is 2.71 bits per heavy atom. The summed E-state index contributed by atoms with van der Waals surface area (Å²) >= 11 is 8.59. The monoisotopic (exact) mass is 414 g/mol. The molecule has 1 aliphatic carbocycles. The number of benzene rings is 1. The predicted octanol–water partition coefficient (Wildman–Crippen LogP) is 5.07. The second-order valence-corrected chi connectivity index (χ2v) is 6.69. The molecular formula is C16H16ClIN2O. The van der Waals surface area contributed by atoms with Gasteiger partial charge in [0.15, 0.2) is 5.82 Å². The van der Waals surface area contributed by atoms with Crippen molar-refractivity contribution >= 4 is 34.2 Å². The van der Waals surface area contributed by atoms with E-state index in [1.165, 1.54) is 25.7 Å². The molecule has 0 amide bonds. The molecule has 0 radical (unpaired) electrons. The van der Waals surface area contributed by atoms with Crippen LogP contribution in [0.5, 0.6) is 5.75 Å². The summed E-state index contributed by atoms with van der Waals surface area (Å²) in [5.74, 6) is 2.00. The van der Waals surface area contributed by atoms with Crippen LogP contribution in [0.2, 0.25) is 5.15 Å². The number of ether oxygens (including phenoxy) is 1. The molecule has 1 aromatic heterocycles. The summed E-state index contributed by atoms with van der Waals surface area (Å²) in [4.78, 5) is 9.24. The molecule has 0 atom stereocenters. The fourth-order valence-electron chi connectivity index (χ4n) is 2.80. The molecule has 1 saturated carbocycles. The maximum Gasteiger partial charge on any atom is 0.161 e. The smallest absolute Gasteiger partial charge is 0.161 e. The van der Waals surface area contributed by atoms with Crippen LogP contribution in [-0.4, -0.2) is 17.1 Å². The fraction of sp³-hybridized carbons (Fsp3) is 0.375. The first kappa shape index (κ1) is 15.0. The highest BCUT2D eigenvalue weighted by atomic mass is 127. The van der Waals surface area contributed by atoms with Crippen LogP contribution in [0.25, 0.3) is 11.4 Å². The Bertz CT molecular complexity index is 657. The Morgan fingerprint density at radius 2 is 2.00 bits per heavy atom. The molecule has 0 aliphatic heterocycles. The number of hydrogen-bond donors (Lipinski definition) is 0. The Balaban J connectivity index is 2.06. The van der Waals surface area contributed by atoms with Gasteiger partial charge in [-0.1, -0.05) is 36.6 Å². The first-order valence-corrected chi connectivity index (χ1v) is 8.52. The summed E-state index contributed by atoms with van der Waals surface area (Å²) < 4.78 is 6.26. The van der Waals surface area contributed by atoms with Gasteiger partial charge in [-0.2, -0.15) is 0 Å². The zero-order valence-corrected chi connectivity index (χ0v) is 14.7. The quantitative estimate of drug-likeness (QED) is 0.520. The molecule has 0 unspecified atom stereocenters. The van der Waals surface area contributed by atoms with Gasteiger partial charge in [-0.25, -0.2) is 9.97 Å². The zero-order valence-electron chi connectivity index (χ0n) is 11.8. The van der Waals surface area contributed by atoms with Crippen molar-refractivity contribution in [3.63, 3.8) is 0 Å². The second-order valence-electron chi connectivity index (χ2n) is 5.25. The molecule has 3 rings (SSSR count). The number of aromatic nitrogens is 2. The molecular weight excluding hydrogens is 399 g/mol. The van der Waals surface area contributed by atoms with Crippen LogP contribution in [0.15, 0.2) is 24.3 Å². The van der Waals surface area contributed by atoms with Crippen LogP contribution < -0.4 is 4.74 Å². The summed E-state index contributed by atoms with van der Waals surface area (Å²) in [6, 6.07) is 7.78. The molecule has 0 saturated heterocycles. The molecule has 0 N–H and O–H groups in total. The van der Waals surface area contributed by atoms with Crippen LogP contribution in [0.1, 0.15) is 37.3 Å². The number of hydrogen-bond acceptors (Lipinski definition) is 3. The van der Waals surface area contributed by atoms with Crippen molar-refractivity contribution in [1.82, 2.24) is 9.97 Å². The van der Waals surface area contributed by atoms with Gasteiger partial charge in [-0.15, -0.1) is 0 Å². The molecule has 2 aromatic rings. The van der Waals surface area contributed by atoms with Gasteiger partial charge in [0.05, 0.1) is 16.4 Å². The molecule has 1 aliphatic rings. The minimum atomic E-state index is 0.516. The van der Waals surface area contributed by atoms with E-state index in [0.717, 1.165) is 20.6 Å². The van der Waals surface area contributed by atoms with Gasteiger partial charge in [0.25, 0.3) is 0 Å². The van der Waals surface area contributed by atoms with Crippen LogP contribution in [0, 0.1) is 3.57 Å². The van der Waals surface area contributed by atoms with E-state index in [4.69, 9.17) is 21.3 Å². The molecule has 21 heavy (non-hydrogen) atoms. The molecule has 3 nitrogen and oxygen atoms in total. The molecule has 110 valence electrons. The molecule has 0 spiro atoms. The molecule has 1 aromatic carbocycles. The third-order valence-electron chi connectivity index (χ3n) is 3.91. The molecule has 1 heterocycles. The molecule has 1 fully saturated rings. The van der Waals surface area contributed by atoms with Crippen LogP contribution >= 0.6 is 34.2 Å². The first-order valence-electron chi connectivity index (χ1n) is 7.06. The van der Waals surface area contributed by atoms with Gasteiger partial charge in [0.1, 0.15) is 10.9 Å². The maximum atomic E-state index is 6.33. The van der Waals surface area contributed by atoms with Gasteiger partial charge in [-0.05, 0) is 47.6 Å². The third kappa shape index (κ3) is 3.16. The lowest BCUT2D eigenvalue weighted by atomic mass is 10.0. The Morgan fingerprint density at radius 1 is 1.24 bits per heavy atom. The fourth-order valence-corrected chi connectivity index (χ4v) is 3.66. The molecule has 0 bridgehead atoms. The number of nitrogens with zero attached hydrogens (tertiary/aromatic N) is 2. The van der Waals surface area contributed by atoms with Crippen molar-refractivity contribution in [2.75, 3.05) is 7.11 Å². The Hall–Kier alpha value is -0.880. The summed E-state index contributed by atoms with van der Waals surface area (Å²) in [5, 5.41) is 0.547. The summed E-state index contributed by atoms with van der Waals surface area (Å²) in [5.41, 5.74) is 2.04. The van der Waals surface area contributed by atoms with Crippen LogP contribution in [0.3, 0.4) is 0 Å². The topological polar surface area (TPSA) is 35.0 Å². The van der Waals surface area contributed by atoms with Crippen molar-refractivity contribution in [3.05, 3.63) is 38.7 Å². The largest absolute Gasteiger partial charge is 0.497 e. The van der Waals surface area contributed by atoms with Gasteiger partial charge >= 0.3 is 0 Å². The third-order valence-corrected chi connectivity index (χ3v) is 5.56. The number of methoxy groups -OCH3 is 1. The number of rotatable bonds is 3. The normalized spacial score (nSPS) is 15.4. The Labute approximate surface area is 143 Å². The van der Waals surface area contributed by atoms with E-state index in [0.29, 0.717) is 16.9 Å². The zero-order chi connectivity index (χ0) is 14.8. The lowest BCUT2D eigenvalue weighted by Crippen LogP contribution is -2.04. The minimum absolute atomic E-state index is 0.516. The van der Waals surface area contributed by atoms with E-state index in [-0.39, 0.29) is 0 Å². The average molecular weight is 415 g/mol. The van der Waals surface area contributed by atoms with Crippen LogP contribution in [0.4, 0.5) is 0 Å². The Kier molecular flexibility index (Phi) is 4.64. The second kappa shape index (κ2) is 6.48. The summed E-state index contributed by atoms with van der Waals surface area (Å²) in [7, 11) is 1.66. The summed E-state index contributed by atoms with van der Waals surface area (Å²) in [6.07, 6.45) is 4.94. The van der Waals surface area contributed by atoms with Crippen molar-refractivity contribution in [1.29, 1.82) is 0 Å². The lowest BCUT2D eigenvalue weighted by molar-refractivity contribution is 0.415. The summed E-state index contributed by atoms with van der Waals surface area (Å²) in [6.45, 7) is 0. The standard InChI is InChI=1S/C16H16ClIN2O/c1-21-12-8-4-7-11(9-12)16-19-14(10-5-2-3-6-10)13(18)15(17)20-16/h4,7-10H,2-3,5-6H2,1H3. The van der Waals surface area contributed by atoms with E-state index in [9.17, 15) is 0 Å². The van der Waals surface area contributed by atoms with Gasteiger partial charge in [-0.3, -0.25) is 0 Å². The number of halogens is 2. The van der Waals surface area contributed by atoms with E-state index < -0.39 is 0 Å².